The van der Waals surface area contributed by atoms with Gasteiger partial charge in [-0.1, -0.05) is 24.3 Å². The molecule has 1 aliphatic heterocycles. The van der Waals surface area contributed by atoms with Gasteiger partial charge < -0.3 is 15.0 Å². The maximum absolute atomic E-state index is 5.40. The van der Waals surface area contributed by atoms with Gasteiger partial charge in [0.05, 0.1) is 19.4 Å². The van der Waals surface area contributed by atoms with Crippen LogP contribution in [-0.4, -0.2) is 37.6 Å². The van der Waals surface area contributed by atoms with Crippen LogP contribution in [-0.2, 0) is 4.74 Å². The smallest absolute Gasteiger partial charge is 0.191 e. The quantitative estimate of drug-likeness (QED) is 0.502. The Morgan fingerprint density at radius 1 is 1.16 bits per heavy atom. The molecule has 0 saturated carbocycles. The lowest BCUT2D eigenvalue weighted by Crippen LogP contribution is -2.36. The van der Waals surface area contributed by atoms with Crippen LogP contribution in [0.3, 0.4) is 0 Å². The van der Waals surface area contributed by atoms with Gasteiger partial charge >= 0.3 is 0 Å². The lowest BCUT2D eigenvalue weighted by molar-refractivity contribution is 0.122. The Bertz CT molecular complexity index is 742. The molecule has 2 aromatic carbocycles. The van der Waals surface area contributed by atoms with Crippen molar-refractivity contribution >= 4 is 34.9 Å². The minimum atomic E-state index is 0.463. The van der Waals surface area contributed by atoms with E-state index in [0.29, 0.717) is 5.11 Å². The summed E-state index contributed by atoms with van der Waals surface area (Å²) in [6, 6.07) is 16.2. The van der Waals surface area contributed by atoms with Crippen LogP contribution in [0, 0.1) is 6.92 Å². The normalized spacial score (nSPS) is 14.5. The van der Waals surface area contributed by atoms with Gasteiger partial charge in [0.1, 0.15) is 0 Å². The Hall–Kier alpha value is -2.44. The molecule has 2 aromatic rings. The molecule has 0 aromatic heterocycles. The fourth-order valence-electron chi connectivity index (χ4n) is 2.66. The van der Waals surface area contributed by atoms with Gasteiger partial charge in [0.15, 0.2) is 5.11 Å². The molecule has 0 radical (unpaired) electrons. The van der Waals surface area contributed by atoms with Crippen LogP contribution >= 0.6 is 12.2 Å². The summed E-state index contributed by atoms with van der Waals surface area (Å²) in [5.41, 5.74) is 7.25. The molecule has 25 heavy (non-hydrogen) atoms. The maximum atomic E-state index is 5.40. The summed E-state index contributed by atoms with van der Waals surface area (Å²) in [5, 5.41) is 7.77. The van der Waals surface area contributed by atoms with E-state index in [-0.39, 0.29) is 0 Å². The Kier molecular flexibility index (Phi) is 5.98. The third kappa shape index (κ3) is 5.01. The molecule has 0 spiro atoms. The molecule has 1 saturated heterocycles. The minimum absolute atomic E-state index is 0.463. The summed E-state index contributed by atoms with van der Waals surface area (Å²) in [5.74, 6) is 0. The number of hydrogen-bond donors (Lipinski definition) is 2. The zero-order chi connectivity index (χ0) is 17.5. The van der Waals surface area contributed by atoms with E-state index in [1.165, 1.54) is 11.3 Å². The second-order valence-electron chi connectivity index (χ2n) is 5.83. The highest BCUT2D eigenvalue weighted by Crippen LogP contribution is 2.19. The molecule has 5 nitrogen and oxygen atoms in total. The number of nitrogens with zero attached hydrogens (tertiary/aromatic N) is 2. The Morgan fingerprint density at radius 2 is 1.92 bits per heavy atom. The van der Waals surface area contributed by atoms with Crippen molar-refractivity contribution in [2.75, 3.05) is 36.5 Å². The molecule has 2 N–H and O–H groups in total. The van der Waals surface area contributed by atoms with Crippen molar-refractivity contribution in [1.82, 2.24) is 5.43 Å². The van der Waals surface area contributed by atoms with Crippen LogP contribution in [0.4, 0.5) is 11.4 Å². The first-order valence-corrected chi connectivity index (χ1v) is 8.71. The van der Waals surface area contributed by atoms with E-state index in [1.807, 2.05) is 30.3 Å². The third-order valence-corrected chi connectivity index (χ3v) is 4.22. The first kappa shape index (κ1) is 17.4. The first-order chi connectivity index (χ1) is 12.2. The SMILES string of the molecule is Cc1cc(N2CCOCC2)ccc1/C=N/NC(=S)Nc1ccccc1. The molecular weight excluding hydrogens is 332 g/mol. The summed E-state index contributed by atoms with van der Waals surface area (Å²) in [6.45, 7) is 5.55. The number of para-hydroxylation sites is 1. The number of morpholine rings is 1. The van der Waals surface area contributed by atoms with E-state index in [2.05, 4.69) is 45.9 Å². The number of benzene rings is 2. The largest absolute Gasteiger partial charge is 0.378 e. The first-order valence-electron chi connectivity index (χ1n) is 8.31. The molecule has 1 aliphatic rings. The highest BCUT2D eigenvalue weighted by molar-refractivity contribution is 7.80. The molecule has 130 valence electrons. The average molecular weight is 354 g/mol. The lowest BCUT2D eigenvalue weighted by atomic mass is 10.1. The van der Waals surface area contributed by atoms with Crippen molar-refractivity contribution < 1.29 is 4.74 Å². The number of anilines is 2. The van der Waals surface area contributed by atoms with Crippen LogP contribution in [0.5, 0.6) is 0 Å². The van der Waals surface area contributed by atoms with Gasteiger partial charge in [-0.05, 0) is 54.5 Å². The lowest BCUT2D eigenvalue weighted by Gasteiger charge is -2.29. The van der Waals surface area contributed by atoms with Crippen molar-refractivity contribution in [3.05, 3.63) is 59.7 Å². The van der Waals surface area contributed by atoms with Crippen LogP contribution in [0.2, 0.25) is 0 Å². The highest BCUT2D eigenvalue weighted by atomic mass is 32.1. The minimum Gasteiger partial charge on any atom is -0.378 e. The van der Waals surface area contributed by atoms with E-state index in [9.17, 15) is 0 Å². The second kappa shape index (κ2) is 8.60. The van der Waals surface area contributed by atoms with Gasteiger partial charge in [0.25, 0.3) is 0 Å². The van der Waals surface area contributed by atoms with Gasteiger partial charge in [0, 0.05) is 24.5 Å². The molecule has 0 bridgehead atoms. The molecule has 0 aliphatic carbocycles. The molecule has 1 heterocycles. The average Bonchev–Trinajstić information content (AvgIpc) is 2.64. The van der Waals surface area contributed by atoms with Gasteiger partial charge in [-0.15, -0.1) is 0 Å². The summed E-state index contributed by atoms with van der Waals surface area (Å²) in [6.07, 6.45) is 1.79. The van der Waals surface area contributed by atoms with Crippen molar-refractivity contribution in [3.8, 4) is 0 Å². The predicted octanol–water partition coefficient (Wildman–Crippen LogP) is 3.15. The zero-order valence-electron chi connectivity index (χ0n) is 14.2. The van der Waals surface area contributed by atoms with Crippen LogP contribution in [0.1, 0.15) is 11.1 Å². The van der Waals surface area contributed by atoms with Crippen LogP contribution < -0.4 is 15.6 Å². The maximum Gasteiger partial charge on any atom is 0.191 e. The number of aryl methyl sites for hydroxylation is 1. The fourth-order valence-corrected chi connectivity index (χ4v) is 2.83. The Labute approximate surface area is 153 Å². The second-order valence-corrected chi connectivity index (χ2v) is 6.24. The summed E-state index contributed by atoms with van der Waals surface area (Å²) >= 11 is 5.24. The van der Waals surface area contributed by atoms with Gasteiger partial charge in [0.2, 0.25) is 0 Å². The number of hydrogen-bond acceptors (Lipinski definition) is 4. The molecule has 0 amide bonds. The highest BCUT2D eigenvalue weighted by Gasteiger charge is 2.11. The molecule has 3 rings (SSSR count). The summed E-state index contributed by atoms with van der Waals surface area (Å²) in [4.78, 5) is 2.34. The van der Waals surface area contributed by atoms with Crippen molar-refractivity contribution in [3.63, 3.8) is 0 Å². The van der Waals surface area contributed by atoms with Crippen LogP contribution in [0.25, 0.3) is 0 Å². The summed E-state index contributed by atoms with van der Waals surface area (Å²) < 4.78 is 5.40. The predicted molar refractivity (Wildman–Crippen MR) is 108 cm³/mol. The fraction of sp³-hybridized carbons (Fsp3) is 0.263. The standard InChI is InChI=1S/C19H22N4OS/c1-15-13-18(23-9-11-24-12-10-23)8-7-16(15)14-20-22-19(25)21-17-5-3-2-4-6-17/h2-8,13-14H,9-12H2,1H3,(H2,21,22,25)/b20-14+. The Balaban J connectivity index is 1.56. The third-order valence-electron chi connectivity index (χ3n) is 4.03. The van der Waals surface area contributed by atoms with E-state index < -0.39 is 0 Å². The van der Waals surface area contributed by atoms with E-state index in [1.54, 1.807) is 6.21 Å². The van der Waals surface area contributed by atoms with Gasteiger partial charge in [-0.25, -0.2) is 0 Å². The van der Waals surface area contributed by atoms with Crippen molar-refractivity contribution in [2.45, 2.75) is 6.92 Å². The Morgan fingerprint density at radius 3 is 2.64 bits per heavy atom. The van der Waals surface area contributed by atoms with E-state index >= 15 is 0 Å². The number of rotatable bonds is 4. The molecule has 0 unspecified atom stereocenters. The number of thiocarbonyl (C=S) groups is 1. The number of nitrogens with one attached hydrogen (secondary N) is 2. The topological polar surface area (TPSA) is 48.9 Å². The van der Waals surface area contributed by atoms with Crippen molar-refractivity contribution in [1.29, 1.82) is 0 Å². The summed E-state index contributed by atoms with van der Waals surface area (Å²) in [7, 11) is 0. The van der Waals surface area contributed by atoms with E-state index in [0.717, 1.165) is 37.6 Å². The molecular formula is C19H22N4OS. The number of hydrazone groups is 1. The molecule has 0 atom stereocenters. The monoisotopic (exact) mass is 354 g/mol. The molecule has 1 fully saturated rings. The van der Waals surface area contributed by atoms with Gasteiger partial charge in [-0.3, -0.25) is 5.43 Å². The van der Waals surface area contributed by atoms with Crippen LogP contribution in [0.15, 0.2) is 53.6 Å². The van der Waals surface area contributed by atoms with Gasteiger partial charge in [-0.2, -0.15) is 5.10 Å². The van der Waals surface area contributed by atoms with Crippen molar-refractivity contribution in [2.24, 2.45) is 5.10 Å². The zero-order valence-corrected chi connectivity index (χ0v) is 15.1. The molecule has 6 heteroatoms. The number of ether oxygens (including phenoxy) is 1. The van der Waals surface area contributed by atoms with E-state index in [4.69, 9.17) is 17.0 Å².